The van der Waals surface area contributed by atoms with Crippen molar-refractivity contribution in [3.63, 3.8) is 0 Å². The van der Waals surface area contributed by atoms with Crippen molar-refractivity contribution >= 4 is 34.1 Å². The number of rotatable bonds is 7. The summed E-state index contributed by atoms with van der Waals surface area (Å²) >= 11 is 0. The SMILES string of the molecule is C=CC(=O)Nc1cccc(-c2cccc3cnc(Nc4ccc(OC5CCOCC5)cc4)nc23)c1. The van der Waals surface area contributed by atoms with Gasteiger partial charge in [-0.25, -0.2) is 9.97 Å². The summed E-state index contributed by atoms with van der Waals surface area (Å²) in [7, 11) is 0. The maximum atomic E-state index is 11.7. The molecule has 35 heavy (non-hydrogen) atoms. The first-order valence-electron chi connectivity index (χ1n) is 11.6. The van der Waals surface area contributed by atoms with Gasteiger partial charge >= 0.3 is 0 Å². The Kier molecular flexibility index (Phi) is 6.68. The second-order valence-electron chi connectivity index (χ2n) is 8.29. The van der Waals surface area contributed by atoms with Crippen LogP contribution in [0.15, 0.2) is 85.6 Å². The van der Waals surface area contributed by atoms with Crippen molar-refractivity contribution in [1.82, 2.24) is 9.97 Å². The van der Waals surface area contributed by atoms with Crippen molar-refractivity contribution in [1.29, 1.82) is 0 Å². The van der Waals surface area contributed by atoms with E-state index >= 15 is 0 Å². The van der Waals surface area contributed by atoms with E-state index < -0.39 is 0 Å². The molecule has 1 saturated heterocycles. The minimum absolute atomic E-state index is 0.202. The highest BCUT2D eigenvalue weighted by atomic mass is 16.5. The number of fused-ring (bicyclic) bond motifs is 1. The minimum Gasteiger partial charge on any atom is -0.490 e. The quantitative estimate of drug-likeness (QED) is 0.339. The first kappa shape index (κ1) is 22.6. The van der Waals surface area contributed by atoms with E-state index in [1.54, 1.807) is 6.20 Å². The van der Waals surface area contributed by atoms with Crippen molar-refractivity contribution < 1.29 is 14.3 Å². The maximum Gasteiger partial charge on any atom is 0.247 e. The Morgan fingerprint density at radius 2 is 1.83 bits per heavy atom. The number of anilines is 3. The predicted octanol–water partition coefficient (Wildman–Crippen LogP) is 5.72. The first-order valence-corrected chi connectivity index (χ1v) is 11.6. The van der Waals surface area contributed by atoms with Crippen LogP contribution in [0.2, 0.25) is 0 Å². The molecule has 0 spiro atoms. The Bertz CT molecular complexity index is 1350. The lowest BCUT2D eigenvalue weighted by Gasteiger charge is -2.23. The molecule has 7 heteroatoms. The van der Waals surface area contributed by atoms with Crippen LogP contribution in [0, 0.1) is 0 Å². The Morgan fingerprint density at radius 3 is 2.63 bits per heavy atom. The molecule has 2 heterocycles. The number of benzene rings is 3. The van der Waals surface area contributed by atoms with Gasteiger partial charge < -0.3 is 20.1 Å². The smallest absolute Gasteiger partial charge is 0.247 e. The van der Waals surface area contributed by atoms with Crippen LogP contribution >= 0.6 is 0 Å². The van der Waals surface area contributed by atoms with E-state index in [-0.39, 0.29) is 12.0 Å². The van der Waals surface area contributed by atoms with Crippen LogP contribution in [-0.4, -0.2) is 35.2 Å². The van der Waals surface area contributed by atoms with Gasteiger partial charge in [-0.1, -0.05) is 36.9 Å². The second kappa shape index (κ2) is 10.4. The molecule has 0 atom stereocenters. The number of hydrogen-bond acceptors (Lipinski definition) is 6. The number of aromatic nitrogens is 2. The zero-order valence-electron chi connectivity index (χ0n) is 19.2. The number of nitrogens with one attached hydrogen (secondary N) is 2. The van der Waals surface area contributed by atoms with Crippen molar-refractivity contribution in [2.75, 3.05) is 23.8 Å². The summed E-state index contributed by atoms with van der Waals surface area (Å²) in [4.78, 5) is 21.0. The molecule has 5 rings (SSSR count). The lowest BCUT2D eigenvalue weighted by atomic mass is 10.0. The summed E-state index contributed by atoms with van der Waals surface area (Å²) in [5.41, 5.74) is 4.27. The van der Waals surface area contributed by atoms with E-state index in [2.05, 4.69) is 22.2 Å². The third-order valence-electron chi connectivity index (χ3n) is 5.82. The Labute approximate surface area is 203 Å². The highest BCUT2D eigenvalue weighted by Gasteiger charge is 2.15. The number of nitrogens with zero attached hydrogens (tertiary/aromatic N) is 2. The summed E-state index contributed by atoms with van der Waals surface area (Å²) in [5.74, 6) is 1.09. The average molecular weight is 467 g/mol. The predicted molar refractivity (Wildman–Crippen MR) is 138 cm³/mol. The van der Waals surface area contributed by atoms with Gasteiger partial charge in [0, 0.05) is 41.4 Å². The van der Waals surface area contributed by atoms with Crippen LogP contribution in [0.4, 0.5) is 17.3 Å². The molecule has 4 aromatic rings. The molecular formula is C28H26N4O3. The third kappa shape index (κ3) is 5.47. The summed E-state index contributed by atoms with van der Waals surface area (Å²) in [6.45, 7) is 5.00. The zero-order valence-corrected chi connectivity index (χ0v) is 19.2. The Balaban J connectivity index is 1.37. The summed E-state index contributed by atoms with van der Waals surface area (Å²) in [5, 5.41) is 7.02. The number of hydrogen-bond donors (Lipinski definition) is 2. The van der Waals surface area contributed by atoms with E-state index in [0.29, 0.717) is 11.6 Å². The number of ether oxygens (including phenoxy) is 2. The Hall–Kier alpha value is -4.23. The molecule has 7 nitrogen and oxygen atoms in total. The number of amides is 1. The molecule has 2 N–H and O–H groups in total. The molecule has 176 valence electrons. The van der Waals surface area contributed by atoms with Crippen molar-refractivity contribution in [3.05, 3.63) is 85.6 Å². The standard InChI is InChI=1S/C28H26N4O3/c1-2-26(33)30-22-7-3-5-19(17-22)25-8-4-6-20-18-29-28(32-27(20)25)31-21-9-11-23(12-10-21)35-24-13-15-34-16-14-24/h2-12,17-18,24H,1,13-16H2,(H,30,33)(H,29,31,32). The molecule has 0 bridgehead atoms. The van der Waals surface area contributed by atoms with Crippen LogP contribution in [0.3, 0.4) is 0 Å². The molecule has 3 aromatic carbocycles. The van der Waals surface area contributed by atoms with Crippen LogP contribution in [-0.2, 0) is 9.53 Å². The third-order valence-corrected chi connectivity index (χ3v) is 5.82. The topological polar surface area (TPSA) is 85.4 Å². The molecule has 0 saturated carbocycles. The van der Waals surface area contributed by atoms with Crippen LogP contribution in [0.25, 0.3) is 22.0 Å². The molecule has 1 aliphatic rings. The number of carbonyl (C=O) groups is 1. The second-order valence-corrected chi connectivity index (χ2v) is 8.29. The van der Waals surface area contributed by atoms with Gasteiger partial charge in [0.2, 0.25) is 11.9 Å². The Morgan fingerprint density at radius 1 is 1.03 bits per heavy atom. The average Bonchev–Trinajstić information content (AvgIpc) is 2.90. The molecule has 1 aromatic heterocycles. The lowest BCUT2D eigenvalue weighted by molar-refractivity contribution is -0.111. The van der Waals surface area contributed by atoms with Crippen LogP contribution in [0.5, 0.6) is 5.75 Å². The fraction of sp³-hybridized carbons (Fsp3) is 0.179. The molecule has 0 aliphatic carbocycles. The van der Waals surface area contributed by atoms with Gasteiger partial charge in [-0.15, -0.1) is 0 Å². The molecule has 0 radical (unpaired) electrons. The van der Waals surface area contributed by atoms with Gasteiger partial charge in [0.1, 0.15) is 11.9 Å². The van der Waals surface area contributed by atoms with Crippen LogP contribution in [0.1, 0.15) is 12.8 Å². The summed E-state index contributed by atoms with van der Waals surface area (Å²) in [6.07, 6.45) is 5.08. The molecule has 1 amide bonds. The van der Waals surface area contributed by atoms with Gasteiger partial charge in [-0.3, -0.25) is 4.79 Å². The zero-order chi connectivity index (χ0) is 24.0. The lowest BCUT2D eigenvalue weighted by Crippen LogP contribution is -2.25. The fourth-order valence-corrected chi connectivity index (χ4v) is 4.04. The molecular weight excluding hydrogens is 440 g/mol. The summed E-state index contributed by atoms with van der Waals surface area (Å²) in [6, 6.07) is 21.4. The van der Waals surface area contributed by atoms with E-state index in [1.165, 1.54) is 6.08 Å². The minimum atomic E-state index is -0.252. The van der Waals surface area contributed by atoms with Gasteiger partial charge in [-0.05, 0) is 48.0 Å². The van der Waals surface area contributed by atoms with Crippen molar-refractivity contribution in [2.24, 2.45) is 0 Å². The fourth-order valence-electron chi connectivity index (χ4n) is 4.04. The monoisotopic (exact) mass is 466 g/mol. The molecule has 0 unspecified atom stereocenters. The van der Waals surface area contributed by atoms with Gasteiger partial charge in [-0.2, -0.15) is 0 Å². The highest BCUT2D eigenvalue weighted by Crippen LogP contribution is 2.30. The van der Waals surface area contributed by atoms with E-state index in [1.807, 2.05) is 66.7 Å². The number of carbonyl (C=O) groups excluding carboxylic acids is 1. The maximum absolute atomic E-state index is 11.7. The van der Waals surface area contributed by atoms with Crippen molar-refractivity contribution in [3.8, 4) is 16.9 Å². The molecule has 1 aliphatic heterocycles. The van der Waals surface area contributed by atoms with Gasteiger partial charge in [0.05, 0.1) is 18.7 Å². The normalized spacial score (nSPS) is 13.8. The van der Waals surface area contributed by atoms with Crippen LogP contribution < -0.4 is 15.4 Å². The van der Waals surface area contributed by atoms with E-state index in [4.69, 9.17) is 14.5 Å². The van der Waals surface area contributed by atoms with E-state index in [0.717, 1.165) is 59.5 Å². The molecule has 1 fully saturated rings. The van der Waals surface area contributed by atoms with Gasteiger partial charge in [0.25, 0.3) is 0 Å². The van der Waals surface area contributed by atoms with Gasteiger partial charge in [0.15, 0.2) is 0 Å². The number of para-hydroxylation sites is 1. The summed E-state index contributed by atoms with van der Waals surface area (Å²) < 4.78 is 11.4. The van der Waals surface area contributed by atoms with E-state index in [9.17, 15) is 4.79 Å². The largest absolute Gasteiger partial charge is 0.490 e. The highest BCUT2D eigenvalue weighted by molar-refractivity contribution is 6.00. The first-order chi connectivity index (χ1) is 17.2. The van der Waals surface area contributed by atoms with Crippen molar-refractivity contribution in [2.45, 2.75) is 18.9 Å².